The van der Waals surface area contributed by atoms with E-state index in [1.54, 1.807) is 0 Å². The molecule has 0 spiro atoms. The third-order valence-corrected chi connectivity index (χ3v) is 10.4. The summed E-state index contributed by atoms with van der Waals surface area (Å²) in [5, 5.41) is 2.63. The van der Waals surface area contributed by atoms with E-state index in [-0.39, 0.29) is 12.8 Å². The van der Waals surface area contributed by atoms with Gasteiger partial charge in [-0.1, -0.05) is 219 Å². The van der Waals surface area contributed by atoms with Gasteiger partial charge >= 0.3 is 0 Å². The van der Waals surface area contributed by atoms with Crippen molar-refractivity contribution in [2.75, 3.05) is 0 Å². The van der Waals surface area contributed by atoms with Crippen molar-refractivity contribution >= 4 is 21.9 Å². The molecule has 0 amide bonds. The van der Waals surface area contributed by atoms with E-state index in [1.807, 2.05) is 52.0 Å². The summed E-state index contributed by atoms with van der Waals surface area (Å²) < 4.78 is 0. The molecule has 5 aromatic rings. The van der Waals surface area contributed by atoms with Gasteiger partial charge in [-0.3, -0.25) is 0 Å². The molecule has 0 heterocycles. The van der Waals surface area contributed by atoms with Crippen LogP contribution in [0.25, 0.3) is 33.0 Å². The molecule has 0 aliphatic heterocycles. The zero-order valence-corrected chi connectivity index (χ0v) is 36.4. The van der Waals surface area contributed by atoms with Crippen molar-refractivity contribution in [3.8, 4) is 11.1 Å². The number of hydrogen-bond acceptors (Lipinski definition) is 0. The highest BCUT2D eigenvalue weighted by Crippen LogP contribution is 2.52. The van der Waals surface area contributed by atoms with E-state index < -0.39 is 0 Å². The molecule has 0 radical (unpaired) electrons. The Labute approximate surface area is 343 Å². The van der Waals surface area contributed by atoms with Crippen molar-refractivity contribution in [3.63, 3.8) is 0 Å². The first-order valence-electron chi connectivity index (χ1n) is 20.6. The summed E-state index contributed by atoms with van der Waals surface area (Å²) in [4.78, 5) is 0. The molecule has 0 saturated carbocycles. The average Bonchev–Trinajstić information content (AvgIpc) is 3.42. The Kier molecular flexibility index (Phi) is 19.0. The summed E-state index contributed by atoms with van der Waals surface area (Å²) >= 11 is 0. The predicted molar refractivity (Wildman–Crippen MR) is 256 cm³/mol. The van der Waals surface area contributed by atoms with Gasteiger partial charge in [0.1, 0.15) is 0 Å². The van der Waals surface area contributed by atoms with E-state index in [1.165, 1.54) is 89.5 Å². The highest BCUT2D eigenvalue weighted by Gasteiger charge is 2.37. The SMILES string of the molecule is C.C=C/C=C(\C=C/C)c1cc2c(c3ccccc13)-c1ccc(C)cc1C2(C)C.CC.CC.CC/C=C\C1=C(C)CC(C)c2cc(C)ccc21.Cc1ccccc1. The standard InChI is InChI=1S/C27H26.C17H22.C7H8.2C2H6.CH4/c1-6-10-19(11-7-2)23-17-25-26(21-13-9-8-12-20(21)23)22-15-14-18(3)16-24(22)27(25,4)5;1-5-6-7-15-13(3)11-14(4)17-10-12(2)8-9-16(15)17;1-7-5-3-2-4-6-7;2*1-2;/h6-17H,1H2,2-5H3;6-10,14H,5,11H2,1-4H3;2-6H,1H3;2*1-2H3;1H4/b11-7-,19-10+;7-6-;;;;. The molecule has 5 aromatic carbocycles. The molecule has 0 heteroatoms. The number of hydrogen-bond donors (Lipinski definition) is 0. The fourth-order valence-corrected chi connectivity index (χ4v) is 7.72. The number of benzene rings is 5. The molecule has 1 atom stereocenters. The van der Waals surface area contributed by atoms with Gasteiger partial charge in [0.15, 0.2) is 0 Å². The van der Waals surface area contributed by atoms with Gasteiger partial charge in [0, 0.05) is 5.41 Å². The lowest BCUT2D eigenvalue weighted by Crippen LogP contribution is -2.15. The first-order chi connectivity index (χ1) is 26.5. The van der Waals surface area contributed by atoms with Gasteiger partial charge < -0.3 is 0 Å². The normalized spacial score (nSPS) is 14.7. The van der Waals surface area contributed by atoms with Crippen LogP contribution in [0.4, 0.5) is 0 Å². The minimum Gasteiger partial charge on any atom is -0.0990 e. The maximum absolute atomic E-state index is 3.92. The summed E-state index contributed by atoms with van der Waals surface area (Å²) in [7, 11) is 0. The van der Waals surface area contributed by atoms with Gasteiger partial charge in [-0.2, -0.15) is 0 Å². The fraction of sp³-hybridized carbons (Fsp3) is 0.321. The first-order valence-corrected chi connectivity index (χ1v) is 20.6. The van der Waals surface area contributed by atoms with Crippen LogP contribution < -0.4 is 0 Å². The topological polar surface area (TPSA) is 0 Å². The third-order valence-electron chi connectivity index (χ3n) is 10.4. The molecule has 0 bridgehead atoms. The molecular formula is C56H72. The quantitative estimate of drug-likeness (QED) is 0.157. The van der Waals surface area contributed by atoms with Gasteiger partial charge in [-0.25, -0.2) is 0 Å². The molecule has 0 N–H and O–H groups in total. The Hall–Kier alpha value is -4.94. The zero-order chi connectivity index (χ0) is 40.7. The first kappa shape index (κ1) is 47.2. The number of aryl methyl sites for hydroxylation is 3. The third kappa shape index (κ3) is 10.9. The van der Waals surface area contributed by atoms with Crippen molar-refractivity contribution in [1.82, 2.24) is 0 Å². The van der Waals surface area contributed by atoms with Gasteiger partial charge in [-0.15, -0.1) is 0 Å². The molecule has 0 aromatic heterocycles. The molecule has 7 rings (SSSR count). The molecule has 0 fully saturated rings. The maximum Gasteiger partial charge on any atom is 0.0159 e. The Morgan fingerprint density at radius 1 is 0.732 bits per heavy atom. The van der Waals surface area contributed by atoms with Crippen LogP contribution in [0.5, 0.6) is 0 Å². The van der Waals surface area contributed by atoms with Crippen LogP contribution >= 0.6 is 0 Å². The monoisotopic (exact) mass is 745 g/mol. The summed E-state index contributed by atoms with van der Waals surface area (Å²) in [6.45, 7) is 31.9. The highest BCUT2D eigenvalue weighted by molar-refractivity contribution is 6.08. The van der Waals surface area contributed by atoms with E-state index in [9.17, 15) is 0 Å². The molecule has 296 valence electrons. The Bertz CT molecular complexity index is 2140. The van der Waals surface area contributed by atoms with Gasteiger partial charge in [0.05, 0.1) is 0 Å². The van der Waals surface area contributed by atoms with Gasteiger partial charge in [0.25, 0.3) is 0 Å². The second-order valence-corrected chi connectivity index (χ2v) is 14.8. The molecule has 0 saturated heterocycles. The summed E-state index contributed by atoms with van der Waals surface area (Å²) in [5.74, 6) is 0.656. The fourth-order valence-electron chi connectivity index (χ4n) is 7.72. The number of fused-ring (bicyclic) bond motifs is 6. The van der Waals surface area contributed by atoms with E-state index >= 15 is 0 Å². The van der Waals surface area contributed by atoms with Crippen LogP contribution in [-0.4, -0.2) is 0 Å². The van der Waals surface area contributed by atoms with Crippen LogP contribution in [0.15, 0.2) is 146 Å². The van der Waals surface area contributed by atoms with Gasteiger partial charge in [0.2, 0.25) is 0 Å². The maximum atomic E-state index is 3.92. The van der Waals surface area contributed by atoms with Crippen molar-refractivity contribution < 1.29 is 0 Å². The second kappa shape index (κ2) is 22.6. The van der Waals surface area contributed by atoms with Crippen LogP contribution in [0.3, 0.4) is 0 Å². The number of rotatable bonds is 5. The van der Waals surface area contributed by atoms with E-state index in [2.05, 4.69) is 178 Å². The number of allylic oxidation sites excluding steroid dienone is 9. The summed E-state index contributed by atoms with van der Waals surface area (Å²) in [6.07, 6.45) is 15.1. The molecule has 2 aliphatic rings. The van der Waals surface area contributed by atoms with Crippen molar-refractivity contribution in [1.29, 1.82) is 0 Å². The van der Waals surface area contributed by atoms with E-state index in [0.29, 0.717) is 5.92 Å². The molecule has 0 nitrogen and oxygen atoms in total. The summed E-state index contributed by atoms with van der Waals surface area (Å²) in [5.41, 5.74) is 18.0. The largest absolute Gasteiger partial charge is 0.0990 e. The van der Waals surface area contributed by atoms with E-state index in [4.69, 9.17) is 0 Å². The Morgan fingerprint density at radius 3 is 1.89 bits per heavy atom. The smallest absolute Gasteiger partial charge is 0.0159 e. The van der Waals surface area contributed by atoms with Crippen molar-refractivity contribution in [3.05, 3.63) is 190 Å². The lowest BCUT2D eigenvalue weighted by molar-refractivity contribution is 0.660. The van der Waals surface area contributed by atoms with Crippen LogP contribution in [-0.2, 0) is 5.41 Å². The summed E-state index contributed by atoms with van der Waals surface area (Å²) in [6, 6.07) is 35.2. The van der Waals surface area contributed by atoms with Crippen LogP contribution in [0, 0.1) is 20.8 Å². The van der Waals surface area contributed by atoms with Crippen molar-refractivity contribution in [2.24, 2.45) is 0 Å². The second-order valence-electron chi connectivity index (χ2n) is 14.8. The lowest BCUT2D eigenvalue weighted by Gasteiger charge is -2.25. The molecular weight excluding hydrogens is 673 g/mol. The molecule has 2 aliphatic carbocycles. The average molecular weight is 745 g/mol. The van der Waals surface area contributed by atoms with Crippen LogP contribution in [0.2, 0.25) is 0 Å². The predicted octanol–water partition coefficient (Wildman–Crippen LogP) is 17.5. The lowest BCUT2D eigenvalue weighted by atomic mass is 9.79. The van der Waals surface area contributed by atoms with Gasteiger partial charge in [-0.05, 0) is 120 Å². The van der Waals surface area contributed by atoms with E-state index in [0.717, 1.165) is 6.42 Å². The Balaban J connectivity index is 0.000000318. The highest BCUT2D eigenvalue weighted by atomic mass is 14.4. The molecule has 1 unspecified atom stereocenters. The minimum atomic E-state index is -0.00924. The van der Waals surface area contributed by atoms with Crippen molar-refractivity contribution in [2.45, 2.75) is 122 Å². The zero-order valence-electron chi connectivity index (χ0n) is 36.4. The molecule has 56 heavy (non-hydrogen) atoms. The minimum absolute atomic E-state index is 0. The van der Waals surface area contributed by atoms with Crippen LogP contribution in [0.1, 0.15) is 140 Å². The Morgan fingerprint density at radius 2 is 1.32 bits per heavy atom.